The number of benzene rings is 2. The minimum atomic E-state index is -0.489. The number of ether oxygens (including phenoxy) is 2. The van der Waals surface area contributed by atoms with Gasteiger partial charge in [0.05, 0.1) is 25.6 Å². The van der Waals surface area contributed by atoms with Crippen molar-refractivity contribution in [2.75, 3.05) is 14.2 Å². The maximum absolute atomic E-state index is 12.8. The molecule has 0 aliphatic rings. The zero-order chi connectivity index (χ0) is 20.5. The number of methoxy groups -OCH3 is 2. The summed E-state index contributed by atoms with van der Waals surface area (Å²) >= 11 is 0. The normalized spacial score (nSPS) is 10.7. The van der Waals surface area contributed by atoms with E-state index in [0.717, 1.165) is 5.69 Å². The largest absolute Gasteiger partial charge is 0.497 e. The van der Waals surface area contributed by atoms with Crippen LogP contribution in [0.4, 0.5) is 0 Å². The lowest BCUT2D eigenvalue weighted by molar-refractivity contribution is 0.404. The molecule has 0 amide bonds. The number of nitrogens with one attached hydrogen (secondary N) is 1. The number of H-pyrrole nitrogens is 1. The second kappa shape index (κ2) is 7.17. The van der Waals surface area contributed by atoms with Gasteiger partial charge in [0.1, 0.15) is 28.8 Å². The van der Waals surface area contributed by atoms with Crippen LogP contribution in [0.25, 0.3) is 27.8 Å². The smallest absolute Gasteiger partial charge is 0.268 e. The Morgan fingerprint density at radius 1 is 1.10 bits per heavy atom. The molecule has 0 radical (unpaired) electrons. The van der Waals surface area contributed by atoms with Gasteiger partial charge in [-0.2, -0.15) is 10.4 Å². The number of hydrogen-bond acceptors (Lipinski definition) is 5. The van der Waals surface area contributed by atoms with E-state index in [0.29, 0.717) is 39.4 Å². The summed E-state index contributed by atoms with van der Waals surface area (Å²) in [5.74, 6) is 1.12. The van der Waals surface area contributed by atoms with Crippen LogP contribution in [0, 0.1) is 18.3 Å². The van der Waals surface area contributed by atoms with E-state index in [2.05, 4.69) is 10.1 Å². The van der Waals surface area contributed by atoms with Crippen molar-refractivity contribution < 1.29 is 9.47 Å². The van der Waals surface area contributed by atoms with Crippen LogP contribution in [0.15, 0.2) is 53.3 Å². The fourth-order valence-corrected chi connectivity index (χ4v) is 3.49. The third kappa shape index (κ3) is 2.91. The highest BCUT2D eigenvalue weighted by atomic mass is 16.5. The van der Waals surface area contributed by atoms with Crippen LogP contribution >= 0.6 is 0 Å². The van der Waals surface area contributed by atoms with Crippen molar-refractivity contribution in [2.45, 2.75) is 6.92 Å². The number of hydrogen-bond donors (Lipinski definition) is 1. The van der Waals surface area contributed by atoms with Crippen molar-refractivity contribution in [3.05, 3.63) is 70.1 Å². The fraction of sp³-hybridized carbons (Fsp3) is 0.136. The zero-order valence-corrected chi connectivity index (χ0v) is 16.2. The number of rotatable bonds is 4. The first-order chi connectivity index (χ1) is 14.1. The number of pyridine rings is 1. The predicted molar refractivity (Wildman–Crippen MR) is 110 cm³/mol. The Hall–Kier alpha value is -4.05. The average molecular weight is 386 g/mol. The second-order valence-electron chi connectivity index (χ2n) is 6.44. The van der Waals surface area contributed by atoms with E-state index in [9.17, 15) is 10.1 Å². The van der Waals surface area contributed by atoms with E-state index >= 15 is 0 Å². The van der Waals surface area contributed by atoms with Crippen molar-refractivity contribution in [2.24, 2.45) is 0 Å². The van der Waals surface area contributed by atoms with E-state index in [1.165, 1.54) is 0 Å². The van der Waals surface area contributed by atoms with Gasteiger partial charge in [-0.25, -0.2) is 4.68 Å². The van der Waals surface area contributed by atoms with Crippen LogP contribution < -0.4 is 15.0 Å². The molecule has 7 nitrogen and oxygen atoms in total. The molecule has 4 rings (SSSR count). The van der Waals surface area contributed by atoms with Crippen LogP contribution in [-0.4, -0.2) is 29.0 Å². The van der Waals surface area contributed by atoms with E-state index in [4.69, 9.17) is 9.47 Å². The number of nitrogens with zero attached hydrogens (tertiary/aromatic N) is 3. The first kappa shape index (κ1) is 18.3. The summed E-state index contributed by atoms with van der Waals surface area (Å²) in [6.45, 7) is 1.84. The topological polar surface area (TPSA) is 92.9 Å². The quantitative estimate of drug-likeness (QED) is 0.579. The summed E-state index contributed by atoms with van der Waals surface area (Å²) < 4.78 is 12.5. The van der Waals surface area contributed by atoms with Crippen molar-refractivity contribution >= 4 is 11.0 Å². The third-order valence-corrected chi connectivity index (χ3v) is 4.81. The van der Waals surface area contributed by atoms with Crippen molar-refractivity contribution in [1.29, 1.82) is 5.26 Å². The molecule has 0 saturated heterocycles. The molecule has 2 aromatic carbocycles. The summed E-state index contributed by atoms with van der Waals surface area (Å²) in [6.07, 6.45) is 0. The predicted octanol–water partition coefficient (Wildman–Crippen LogP) is 3.58. The Labute approximate surface area is 166 Å². The lowest BCUT2D eigenvalue weighted by Crippen LogP contribution is -2.14. The molecule has 0 saturated carbocycles. The van der Waals surface area contributed by atoms with Gasteiger partial charge in [-0.15, -0.1) is 0 Å². The SMILES string of the molecule is COc1ccc(OC)c(-c2c(C#N)c(=O)[nH]c3c2c(C)nn3-c2ccccc2)c1. The highest BCUT2D eigenvalue weighted by Crippen LogP contribution is 2.39. The van der Waals surface area contributed by atoms with Gasteiger partial charge in [-0.3, -0.25) is 4.79 Å². The fourth-order valence-electron chi connectivity index (χ4n) is 3.49. The van der Waals surface area contributed by atoms with Gasteiger partial charge in [0, 0.05) is 16.5 Å². The summed E-state index contributed by atoms with van der Waals surface area (Å²) in [6, 6.07) is 16.8. The molecule has 0 atom stereocenters. The summed E-state index contributed by atoms with van der Waals surface area (Å²) in [5.41, 5.74) is 2.57. The number of aryl methyl sites for hydroxylation is 1. The maximum atomic E-state index is 12.8. The molecule has 1 N–H and O–H groups in total. The summed E-state index contributed by atoms with van der Waals surface area (Å²) in [5, 5.41) is 15.1. The molecule has 2 aromatic heterocycles. The Morgan fingerprint density at radius 2 is 1.86 bits per heavy atom. The Bertz CT molecular complexity index is 1310. The first-order valence-corrected chi connectivity index (χ1v) is 8.92. The van der Waals surface area contributed by atoms with Gasteiger partial charge in [-0.1, -0.05) is 18.2 Å². The van der Waals surface area contributed by atoms with Gasteiger partial charge in [0.15, 0.2) is 0 Å². The average Bonchev–Trinajstić information content (AvgIpc) is 3.08. The molecule has 2 heterocycles. The maximum Gasteiger partial charge on any atom is 0.268 e. The monoisotopic (exact) mass is 386 g/mol. The van der Waals surface area contributed by atoms with Gasteiger partial charge in [0.25, 0.3) is 5.56 Å². The zero-order valence-electron chi connectivity index (χ0n) is 16.2. The molecule has 29 heavy (non-hydrogen) atoms. The molecular weight excluding hydrogens is 368 g/mol. The number of fused-ring (bicyclic) bond motifs is 1. The summed E-state index contributed by atoms with van der Waals surface area (Å²) in [7, 11) is 3.10. The van der Waals surface area contributed by atoms with E-state index < -0.39 is 5.56 Å². The van der Waals surface area contributed by atoms with Crippen LogP contribution in [0.5, 0.6) is 11.5 Å². The highest BCUT2D eigenvalue weighted by molar-refractivity contribution is 5.99. The number of aromatic nitrogens is 3. The minimum absolute atomic E-state index is 0.000218. The Morgan fingerprint density at radius 3 is 2.52 bits per heavy atom. The van der Waals surface area contributed by atoms with Gasteiger partial charge >= 0.3 is 0 Å². The molecule has 7 heteroatoms. The van der Waals surface area contributed by atoms with Crippen LogP contribution in [0.3, 0.4) is 0 Å². The molecule has 144 valence electrons. The number of nitriles is 1. The van der Waals surface area contributed by atoms with Gasteiger partial charge in [0.2, 0.25) is 0 Å². The van der Waals surface area contributed by atoms with Crippen LogP contribution in [-0.2, 0) is 0 Å². The van der Waals surface area contributed by atoms with Crippen molar-refractivity contribution in [3.63, 3.8) is 0 Å². The van der Waals surface area contributed by atoms with E-state index in [1.807, 2.05) is 43.3 Å². The molecular formula is C22H18N4O3. The molecule has 0 spiro atoms. The minimum Gasteiger partial charge on any atom is -0.497 e. The lowest BCUT2D eigenvalue weighted by atomic mass is 9.96. The second-order valence-corrected chi connectivity index (χ2v) is 6.44. The lowest BCUT2D eigenvalue weighted by Gasteiger charge is -2.13. The molecule has 0 aliphatic carbocycles. The first-order valence-electron chi connectivity index (χ1n) is 8.92. The molecule has 0 fully saturated rings. The standard InChI is InChI=1S/C22H18N4O3/c1-13-19-20(16-11-15(28-2)9-10-18(16)29-3)17(12-23)22(27)24-21(19)26(25-13)14-7-5-4-6-8-14/h4-11H,1-3H3,(H,24,27). The van der Waals surface area contributed by atoms with Crippen LogP contribution in [0.2, 0.25) is 0 Å². The van der Waals surface area contributed by atoms with Crippen molar-refractivity contribution in [3.8, 4) is 34.4 Å². The van der Waals surface area contributed by atoms with Crippen molar-refractivity contribution in [1.82, 2.24) is 14.8 Å². The highest BCUT2D eigenvalue weighted by Gasteiger charge is 2.23. The Kier molecular flexibility index (Phi) is 4.53. The number of para-hydroxylation sites is 1. The molecule has 0 unspecified atom stereocenters. The molecule has 0 aliphatic heterocycles. The van der Waals surface area contributed by atoms with Gasteiger partial charge in [-0.05, 0) is 37.3 Å². The molecule has 4 aromatic rings. The summed E-state index contributed by atoms with van der Waals surface area (Å²) in [4.78, 5) is 15.6. The number of aromatic amines is 1. The van der Waals surface area contributed by atoms with Crippen LogP contribution in [0.1, 0.15) is 11.3 Å². The van der Waals surface area contributed by atoms with Gasteiger partial charge < -0.3 is 14.5 Å². The molecule has 0 bridgehead atoms. The Balaban J connectivity index is 2.17. The third-order valence-electron chi connectivity index (χ3n) is 4.81. The van der Waals surface area contributed by atoms with E-state index in [-0.39, 0.29) is 5.56 Å². The van der Waals surface area contributed by atoms with E-state index in [1.54, 1.807) is 37.1 Å².